The molecule has 6 unspecified atom stereocenters. The summed E-state index contributed by atoms with van der Waals surface area (Å²) in [7, 11) is -4.59. The van der Waals surface area contributed by atoms with Crippen LogP contribution in [0.5, 0.6) is 0 Å². The van der Waals surface area contributed by atoms with Crippen molar-refractivity contribution in [3.63, 3.8) is 0 Å². The Hall–Kier alpha value is -1.35. The molecular formula is C40H76O12S. The van der Waals surface area contributed by atoms with Gasteiger partial charge in [-0.2, -0.15) is 8.42 Å². The van der Waals surface area contributed by atoms with Gasteiger partial charge in [-0.15, -0.1) is 0 Å². The highest BCUT2D eigenvalue weighted by atomic mass is 32.2. The lowest BCUT2D eigenvalue weighted by atomic mass is 10.00. The summed E-state index contributed by atoms with van der Waals surface area (Å²) in [5, 5.41) is 30.8. The molecule has 1 heterocycles. The molecule has 1 aliphatic rings. The van der Waals surface area contributed by atoms with Gasteiger partial charge in [-0.3, -0.25) is 14.1 Å². The largest absolute Gasteiger partial charge is 0.462 e. The standard InChI is InChI=1S/C40H76O12S/c1-3-5-7-9-11-13-15-16-17-19-20-22-24-26-28-35(41)49-30-33(51-36(42)29-27-25-23-21-18-14-12-10-8-6-4-2)31-50-40-39(45)38(44)37(43)34(52-40)32-53(46,47)48/h33-34,37-40,43-45H,3-32H2,1-2H3,(H,46,47,48). The maximum absolute atomic E-state index is 12.7. The molecule has 4 N–H and O–H groups in total. The van der Waals surface area contributed by atoms with Gasteiger partial charge in [-0.1, -0.05) is 162 Å². The van der Waals surface area contributed by atoms with E-state index < -0.39 is 71.2 Å². The molecule has 12 nitrogen and oxygen atoms in total. The van der Waals surface area contributed by atoms with Crippen molar-refractivity contribution in [1.29, 1.82) is 0 Å². The number of carbonyl (C=O) groups is 2. The number of ether oxygens (including phenoxy) is 4. The highest BCUT2D eigenvalue weighted by molar-refractivity contribution is 7.85. The second kappa shape index (κ2) is 31.8. The maximum Gasteiger partial charge on any atom is 0.306 e. The third-order valence-corrected chi connectivity index (χ3v) is 10.7. The Morgan fingerprint density at radius 2 is 0.962 bits per heavy atom. The summed E-state index contributed by atoms with van der Waals surface area (Å²) >= 11 is 0. The van der Waals surface area contributed by atoms with E-state index in [0.717, 1.165) is 38.5 Å². The van der Waals surface area contributed by atoms with Crippen LogP contribution in [0.25, 0.3) is 0 Å². The van der Waals surface area contributed by atoms with E-state index in [9.17, 15) is 37.9 Å². The zero-order valence-electron chi connectivity index (χ0n) is 33.1. The average Bonchev–Trinajstić information content (AvgIpc) is 3.12. The molecule has 1 saturated heterocycles. The van der Waals surface area contributed by atoms with Crippen LogP contribution in [0.4, 0.5) is 0 Å². The molecule has 0 aromatic heterocycles. The van der Waals surface area contributed by atoms with Crippen molar-refractivity contribution >= 4 is 22.1 Å². The van der Waals surface area contributed by atoms with Crippen LogP contribution >= 0.6 is 0 Å². The van der Waals surface area contributed by atoms with Crippen molar-refractivity contribution < 1.29 is 56.8 Å². The lowest BCUT2D eigenvalue weighted by molar-refractivity contribution is -0.297. The zero-order chi connectivity index (χ0) is 39.2. The molecule has 53 heavy (non-hydrogen) atoms. The van der Waals surface area contributed by atoms with Crippen LogP contribution in [0.3, 0.4) is 0 Å². The second-order valence-electron chi connectivity index (χ2n) is 15.0. The fourth-order valence-electron chi connectivity index (χ4n) is 6.62. The molecule has 1 rings (SSSR count). The first-order chi connectivity index (χ1) is 25.5. The monoisotopic (exact) mass is 781 g/mol. The van der Waals surface area contributed by atoms with E-state index in [2.05, 4.69) is 13.8 Å². The van der Waals surface area contributed by atoms with E-state index in [1.54, 1.807) is 0 Å². The molecule has 1 fully saturated rings. The minimum atomic E-state index is -4.59. The Morgan fingerprint density at radius 1 is 0.566 bits per heavy atom. The van der Waals surface area contributed by atoms with Gasteiger partial charge < -0.3 is 34.3 Å². The van der Waals surface area contributed by atoms with Gasteiger partial charge in [0.15, 0.2) is 12.4 Å². The Kier molecular flexibility index (Phi) is 29.8. The van der Waals surface area contributed by atoms with Gasteiger partial charge in [-0.05, 0) is 12.8 Å². The molecule has 314 valence electrons. The van der Waals surface area contributed by atoms with Crippen molar-refractivity contribution in [2.75, 3.05) is 19.0 Å². The number of hydrogen-bond acceptors (Lipinski definition) is 11. The van der Waals surface area contributed by atoms with Crippen molar-refractivity contribution in [3.05, 3.63) is 0 Å². The molecule has 0 spiro atoms. The van der Waals surface area contributed by atoms with Gasteiger partial charge >= 0.3 is 11.9 Å². The Labute approximate surface area is 321 Å². The first kappa shape index (κ1) is 49.7. The predicted octanol–water partition coefficient (Wildman–Crippen LogP) is 7.73. The van der Waals surface area contributed by atoms with Crippen LogP contribution in [-0.4, -0.2) is 96.0 Å². The minimum Gasteiger partial charge on any atom is -0.462 e. The van der Waals surface area contributed by atoms with Crippen LogP contribution < -0.4 is 0 Å². The summed E-state index contributed by atoms with van der Waals surface area (Å²) in [6.07, 6.45) is 20.1. The summed E-state index contributed by atoms with van der Waals surface area (Å²) in [4.78, 5) is 25.3. The number of hydrogen-bond donors (Lipinski definition) is 4. The van der Waals surface area contributed by atoms with E-state index in [0.29, 0.717) is 12.8 Å². The van der Waals surface area contributed by atoms with Gasteiger partial charge in [0.05, 0.1) is 6.61 Å². The third kappa shape index (κ3) is 27.0. The number of aliphatic hydroxyl groups is 3. The quantitative estimate of drug-likeness (QED) is 0.0279. The molecule has 0 amide bonds. The van der Waals surface area contributed by atoms with Gasteiger partial charge in [0, 0.05) is 12.8 Å². The highest BCUT2D eigenvalue weighted by Crippen LogP contribution is 2.24. The van der Waals surface area contributed by atoms with Crippen molar-refractivity contribution in [1.82, 2.24) is 0 Å². The minimum absolute atomic E-state index is 0.171. The maximum atomic E-state index is 12.7. The Bertz CT molecular complexity index is 1010. The zero-order valence-corrected chi connectivity index (χ0v) is 34.0. The number of carbonyl (C=O) groups excluding carboxylic acids is 2. The van der Waals surface area contributed by atoms with Gasteiger partial charge in [0.2, 0.25) is 0 Å². The van der Waals surface area contributed by atoms with Crippen LogP contribution in [0.1, 0.15) is 187 Å². The fourth-order valence-corrected chi connectivity index (χ4v) is 7.31. The number of aliphatic hydroxyl groups excluding tert-OH is 3. The molecule has 13 heteroatoms. The number of rotatable bonds is 35. The molecular weight excluding hydrogens is 704 g/mol. The molecule has 0 aromatic carbocycles. The topological polar surface area (TPSA) is 186 Å². The summed E-state index contributed by atoms with van der Waals surface area (Å²) < 4.78 is 53.9. The fraction of sp³-hybridized carbons (Fsp3) is 0.950. The second-order valence-corrected chi connectivity index (χ2v) is 16.5. The Morgan fingerprint density at radius 3 is 1.38 bits per heavy atom. The van der Waals surface area contributed by atoms with Gasteiger partial charge in [0.25, 0.3) is 10.1 Å². The van der Waals surface area contributed by atoms with Crippen LogP contribution in [0.15, 0.2) is 0 Å². The lowest BCUT2D eigenvalue weighted by Gasteiger charge is -2.40. The predicted molar refractivity (Wildman–Crippen MR) is 206 cm³/mol. The van der Waals surface area contributed by atoms with Gasteiger partial charge in [-0.25, -0.2) is 0 Å². The first-order valence-corrected chi connectivity index (χ1v) is 22.7. The van der Waals surface area contributed by atoms with Crippen LogP contribution in [0, 0.1) is 0 Å². The number of esters is 2. The smallest absolute Gasteiger partial charge is 0.306 e. The number of unbranched alkanes of at least 4 members (excludes halogenated alkanes) is 23. The van der Waals surface area contributed by atoms with E-state index in [1.807, 2.05) is 0 Å². The van der Waals surface area contributed by atoms with Crippen LogP contribution in [0.2, 0.25) is 0 Å². The van der Waals surface area contributed by atoms with E-state index >= 15 is 0 Å². The molecule has 0 aromatic rings. The summed E-state index contributed by atoms with van der Waals surface area (Å²) in [6.45, 7) is 3.75. The summed E-state index contributed by atoms with van der Waals surface area (Å²) in [6, 6.07) is 0. The van der Waals surface area contributed by atoms with Crippen molar-refractivity contribution in [2.24, 2.45) is 0 Å². The van der Waals surface area contributed by atoms with E-state index in [-0.39, 0.29) is 19.4 Å². The molecule has 0 bridgehead atoms. The highest BCUT2D eigenvalue weighted by Gasteiger charge is 2.46. The normalized spacial score (nSPS) is 21.1. The van der Waals surface area contributed by atoms with E-state index in [4.69, 9.17) is 18.9 Å². The van der Waals surface area contributed by atoms with Crippen molar-refractivity contribution in [3.8, 4) is 0 Å². The third-order valence-electron chi connectivity index (χ3n) is 9.94. The van der Waals surface area contributed by atoms with Crippen LogP contribution in [-0.2, 0) is 38.7 Å². The SMILES string of the molecule is CCCCCCCCCCCCCCCCC(=O)OCC(COC1OC(CS(=O)(=O)O)C(O)C(O)C1O)OC(=O)CCCCCCCCCCCCC. The summed E-state index contributed by atoms with van der Waals surface area (Å²) in [5.41, 5.74) is 0. The molecule has 1 aliphatic heterocycles. The van der Waals surface area contributed by atoms with E-state index in [1.165, 1.54) is 109 Å². The lowest BCUT2D eigenvalue weighted by Crippen LogP contribution is -2.60. The first-order valence-electron chi connectivity index (χ1n) is 21.1. The molecule has 0 radical (unpaired) electrons. The molecule has 6 atom stereocenters. The van der Waals surface area contributed by atoms with Crippen molar-refractivity contribution in [2.45, 2.75) is 224 Å². The molecule has 0 aliphatic carbocycles. The Balaban J connectivity index is 2.47. The summed E-state index contributed by atoms with van der Waals surface area (Å²) in [5.74, 6) is -1.97. The molecule has 0 saturated carbocycles. The van der Waals surface area contributed by atoms with Gasteiger partial charge in [0.1, 0.15) is 36.8 Å². The average molecular weight is 781 g/mol.